The third-order valence-electron chi connectivity index (χ3n) is 2.75. The minimum Gasteiger partial charge on any atom is -0.382 e. The first-order chi connectivity index (χ1) is 8.10. The van der Waals surface area contributed by atoms with Gasteiger partial charge in [0.05, 0.1) is 29.7 Å². The molecule has 2 aromatic rings. The van der Waals surface area contributed by atoms with E-state index in [1.54, 1.807) is 19.5 Å². The van der Waals surface area contributed by atoms with Crippen LogP contribution >= 0.6 is 11.6 Å². The Kier molecular flexibility index (Phi) is 3.35. The summed E-state index contributed by atoms with van der Waals surface area (Å²) < 4.78 is 7.40. The highest BCUT2D eigenvalue weighted by atomic mass is 35.5. The number of fused-ring (bicyclic) bond motifs is 1. The van der Waals surface area contributed by atoms with E-state index in [4.69, 9.17) is 16.3 Å². The van der Waals surface area contributed by atoms with E-state index in [-0.39, 0.29) is 5.54 Å². The lowest BCUT2D eigenvalue weighted by molar-refractivity contribution is 0.110. The van der Waals surface area contributed by atoms with Crippen LogP contribution in [0.25, 0.3) is 11.0 Å². The molecule has 17 heavy (non-hydrogen) atoms. The van der Waals surface area contributed by atoms with Crippen molar-refractivity contribution in [1.82, 2.24) is 14.5 Å². The number of alkyl halides is 1. The highest BCUT2D eigenvalue weighted by Crippen LogP contribution is 2.26. The fourth-order valence-corrected chi connectivity index (χ4v) is 2.34. The summed E-state index contributed by atoms with van der Waals surface area (Å²) in [6, 6.07) is 1.95. The van der Waals surface area contributed by atoms with Gasteiger partial charge in [0.25, 0.3) is 0 Å². The van der Waals surface area contributed by atoms with Crippen LogP contribution in [-0.2, 0) is 16.2 Å². The highest BCUT2D eigenvalue weighted by Gasteiger charge is 2.25. The van der Waals surface area contributed by atoms with Crippen molar-refractivity contribution < 1.29 is 4.74 Å². The molecule has 0 aromatic carbocycles. The van der Waals surface area contributed by atoms with E-state index in [1.165, 1.54) is 0 Å². The van der Waals surface area contributed by atoms with Gasteiger partial charge in [-0.3, -0.25) is 4.98 Å². The second-order valence-electron chi connectivity index (χ2n) is 4.61. The molecule has 0 atom stereocenters. The van der Waals surface area contributed by atoms with Crippen LogP contribution in [0.5, 0.6) is 0 Å². The molecular formula is C12H16ClN3O. The lowest BCUT2D eigenvalue weighted by atomic mass is 10.1. The molecule has 92 valence electrons. The molecule has 0 amide bonds. The molecule has 0 N–H and O–H groups in total. The first-order valence-electron chi connectivity index (χ1n) is 5.47. The van der Waals surface area contributed by atoms with Crippen molar-refractivity contribution >= 4 is 22.6 Å². The average molecular weight is 254 g/mol. The predicted molar refractivity (Wildman–Crippen MR) is 68.3 cm³/mol. The molecule has 0 saturated heterocycles. The summed E-state index contributed by atoms with van der Waals surface area (Å²) in [6.07, 6.45) is 3.52. The molecule has 2 rings (SSSR count). The number of aromatic nitrogens is 3. The molecule has 2 aromatic heterocycles. The lowest BCUT2D eigenvalue weighted by Gasteiger charge is -2.28. The number of halogens is 1. The fraction of sp³-hybridized carbons (Fsp3) is 0.500. The van der Waals surface area contributed by atoms with Gasteiger partial charge >= 0.3 is 0 Å². The predicted octanol–water partition coefficient (Wildman–Crippen LogP) is 2.55. The molecule has 0 aliphatic heterocycles. The van der Waals surface area contributed by atoms with Crippen molar-refractivity contribution in [3.05, 3.63) is 24.3 Å². The Morgan fingerprint density at radius 1 is 1.47 bits per heavy atom. The van der Waals surface area contributed by atoms with Gasteiger partial charge in [0.2, 0.25) is 0 Å². The SMILES string of the molecule is COCC(C)(C)n1c(CCl)nc2cnccc21. The summed E-state index contributed by atoms with van der Waals surface area (Å²) in [4.78, 5) is 8.57. The molecule has 0 saturated carbocycles. The van der Waals surface area contributed by atoms with E-state index in [2.05, 4.69) is 28.4 Å². The Balaban J connectivity index is 2.65. The second kappa shape index (κ2) is 4.63. The molecule has 0 spiro atoms. The maximum Gasteiger partial charge on any atom is 0.125 e. The molecule has 5 heteroatoms. The van der Waals surface area contributed by atoms with E-state index in [1.807, 2.05) is 6.07 Å². The van der Waals surface area contributed by atoms with Gasteiger partial charge in [-0.25, -0.2) is 4.98 Å². The molecule has 0 bridgehead atoms. The minimum atomic E-state index is -0.185. The van der Waals surface area contributed by atoms with Crippen molar-refractivity contribution in [2.75, 3.05) is 13.7 Å². The van der Waals surface area contributed by atoms with Crippen LogP contribution in [0.1, 0.15) is 19.7 Å². The van der Waals surface area contributed by atoms with Gasteiger partial charge < -0.3 is 9.30 Å². The van der Waals surface area contributed by atoms with Crippen LogP contribution in [0.3, 0.4) is 0 Å². The third kappa shape index (κ3) is 2.15. The van der Waals surface area contributed by atoms with Crippen molar-refractivity contribution in [2.24, 2.45) is 0 Å². The Bertz CT molecular complexity index is 521. The van der Waals surface area contributed by atoms with Crippen LogP contribution in [0.15, 0.2) is 18.5 Å². The van der Waals surface area contributed by atoms with Crippen LogP contribution in [0.4, 0.5) is 0 Å². The van der Waals surface area contributed by atoms with Crippen LogP contribution in [0.2, 0.25) is 0 Å². The van der Waals surface area contributed by atoms with Gasteiger partial charge in [0.15, 0.2) is 0 Å². The van der Waals surface area contributed by atoms with E-state index in [9.17, 15) is 0 Å². The number of methoxy groups -OCH3 is 1. The number of nitrogens with zero attached hydrogens (tertiary/aromatic N) is 3. The Morgan fingerprint density at radius 2 is 2.24 bits per heavy atom. The molecule has 0 fully saturated rings. The minimum absolute atomic E-state index is 0.185. The van der Waals surface area contributed by atoms with Crippen molar-refractivity contribution in [2.45, 2.75) is 25.3 Å². The van der Waals surface area contributed by atoms with Gasteiger partial charge in [-0.15, -0.1) is 11.6 Å². The molecule has 0 aliphatic carbocycles. The second-order valence-corrected chi connectivity index (χ2v) is 4.87. The van der Waals surface area contributed by atoms with E-state index < -0.39 is 0 Å². The summed E-state index contributed by atoms with van der Waals surface area (Å²) in [5.41, 5.74) is 1.72. The summed E-state index contributed by atoms with van der Waals surface area (Å²) >= 11 is 5.97. The zero-order valence-electron chi connectivity index (χ0n) is 10.3. The standard InChI is InChI=1S/C12H16ClN3O/c1-12(2,8-17-3)16-10-4-5-14-7-9(10)15-11(16)6-13/h4-5,7H,6,8H2,1-3H3. The van der Waals surface area contributed by atoms with Crippen molar-refractivity contribution in [1.29, 1.82) is 0 Å². The quantitative estimate of drug-likeness (QED) is 0.787. The highest BCUT2D eigenvalue weighted by molar-refractivity contribution is 6.16. The monoisotopic (exact) mass is 253 g/mol. The topological polar surface area (TPSA) is 39.9 Å². The lowest BCUT2D eigenvalue weighted by Crippen LogP contribution is -2.32. The Morgan fingerprint density at radius 3 is 2.88 bits per heavy atom. The van der Waals surface area contributed by atoms with Gasteiger partial charge in [0.1, 0.15) is 11.3 Å². The zero-order chi connectivity index (χ0) is 12.5. The number of hydrogen-bond donors (Lipinski definition) is 0. The largest absolute Gasteiger partial charge is 0.382 e. The van der Waals surface area contributed by atoms with E-state index in [0.29, 0.717) is 12.5 Å². The molecule has 2 heterocycles. The third-order valence-corrected chi connectivity index (χ3v) is 2.99. The van der Waals surface area contributed by atoms with Crippen molar-refractivity contribution in [3.8, 4) is 0 Å². The molecule has 0 radical (unpaired) electrons. The van der Waals surface area contributed by atoms with Gasteiger partial charge in [-0.2, -0.15) is 0 Å². The van der Waals surface area contributed by atoms with Gasteiger partial charge in [0, 0.05) is 13.3 Å². The number of pyridine rings is 1. The number of rotatable bonds is 4. The maximum absolute atomic E-state index is 5.97. The van der Waals surface area contributed by atoms with Gasteiger partial charge in [-0.05, 0) is 19.9 Å². The van der Waals surface area contributed by atoms with E-state index in [0.717, 1.165) is 16.9 Å². The number of imidazole rings is 1. The molecule has 0 unspecified atom stereocenters. The molecular weight excluding hydrogens is 238 g/mol. The van der Waals surface area contributed by atoms with Crippen LogP contribution in [-0.4, -0.2) is 28.3 Å². The first-order valence-corrected chi connectivity index (χ1v) is 6.00. The average Bonchev–Trinajstić information content (AvgIpc) is 2.67. The van der Waals surface area contributed by atoms with Crippen molar-refractivity contribution in [3.63, 3.8) is 0 Å². The summed E-state index contributed by atoms with van der Waals surface area (Å²) in [5.74, 6) is 1.22. The smallest absolute Gasteiger partial charge is 0.125 e. The maximum atomic E-state index is 5.97. The number of hydrogen-bond acceptors (Lipinski definition) is 3. The Hall–Kier alpha value is -1.13. The summed E-state index contributed by atoms with van der Waals surface area (Å²) in [5, 5.41) is 0. The first kappa shape index (κ1) is 12.3. The fourth-order valence-electron chi connectivity index (χ4n) is 2.16. The van der Waals surface area contributed by atoms with Crippen LogP contribution in [0, 0.1) is 0 Å². The van der Waals surface area contributed by atoms with E-state index >= 15 is 0 Å². The summed E-state index contributed by atoms with van der Waals surface area (Å²) in [7, 11) is 1.70. The zero-order valence-corrected chi connectivity index (χ0v) is 11.0. The summed E-state index contributed by atoms with van der Waals surface area (Å²) in [6.45, 7) is 4.81. The Labute approximate surface area is 106 Å². The normalized spacial score (nSPS) is 12.2. The molecule has 4 nitrogen and oxygen atoms in total. The molecule has 0 aliphatic rings. The number of ether oxygens (including phenoxy) is 1. The van der Waals surface area contributed by atoms with Gasteiger partial charge in [-0.1, -0.05) is 0 Å². The van der Waals surface area contributed by atoms with Crippen LogP contribution < -0.4 is 0 Å².